The van der Waals surface area contributed by atoms with Crippen molar-refractivity contribution in [2.75, 3.05) is 13.1 Å². The molecule has 214 valence electrons. The Balaban J connectivity index is 1.48. The number of carbonyl (C=O) groups is 3. The van der Waals surface area contributed by atoms with Crippen LogP contribution in [0.4, 0.5) is 4.39 Å². The normalized spacial score (nSPS) is 17.5. The Morgan fingerprint density at radius 3 is 2.70 bits per heavy atom. The highest BCUT2D eigenvalue weighted by Gasteiger charge is 2.37. The first-order chi connectivity index (χ1) is 18.9. The van der Waals surface area contributed by atoms with E-state index < -0.39 is 57.1 Å². The highest BCUT2D eigenvalue weighted by molar-refractivity contribution is 7.89. The second-order valence-corrected chi connectivity index (χ2v) is 12.1. The molecule has 1 saturated heterocycles. The summed E-state index contributed by atoms with van der Waals surface area (Å²) in [4.78, 5) is 39.4. The summed E-state index contributed by atoms with van der Waals surface area (Å²) < 4.78 is 46.4. The largest absolute Gasteiger partial charge is 0.618 e. The molecule has 1 aliphatic heterocycles. The van der Waals surface area contributed by atoms with Crippen molar-refractivity contribution in [3.63, 3.8) is 0 Å². The minimum absolute atomic E-state index is 0.00274. The standard InChI is InChI=1S/C27H31FN4O7S/c1-16(2)13-21(30-27(35)25-17(3)19-10-9-18(28)14-23(19)39-25)26(34)29-20-7-6-11-31(15-22(20)33)40(37,38)24-8-4-5-12-32(24)36/h4-5,8-10,12,14,16,20-21H,6-7,11,13,15H2,1-3H3,(H,29,34)(H,30,35)/t20-,21+/m0/s1. The monoisotopic (exact) mass is 574 g/mol. The van der Waals surface area contributed by atoms with E-state index in [1.54, 1.807) is 6.92 Å². The molecule has 1 aliphatic rings. The Kier molecular flexibility index (Phi) is 8.54. The van der Waals surface area contributed by atoms with Gasteiger partial charge in [-0.1, -0.05) is 13.8 Å². The summed E-state index contributed by atoms with van der Waals surface area (Å²) in [5.74, 6) is -2.36. The number of rotatable bonds is 8. The topological polar surface area (TPSA) is 153 Å². The molecule has 0 saturated carbocycles. The van der Waals surface area contributed by atoms with E-state index >= 15 is 0 Å². The zero-order valence-corrected chi connectivity index (χ0v) is 23.2. The molecule has 0 bridgehead atoms. The maximum Gasteiger partial charge on any atom is 0.323 e. The van der Waals surface area contributed by atoms with E-state index in [2.05, 4.69) is 10.6 Å². The maximum absolute atomic E-state index is 13.6. The van der Waals surface area contributed by atoms with E-state index in [-0.39, 0.29) is 47.8 Å². The molecule has 1 fully saturated rings. The summed E-state index contributed by atoms with van der Waals surface area (Å²) in [6.45, 7) is 4.87. The Morgan fingerprint density at radius 1 is 1.25 bits per heavy atom. The van der Waals surface area contributed by atoms with Crippen molar-refractivity contribution < 1.29 is 36.3 Å². The smallest absolute Gasteiger partial charge is 0.323 e. The van der Waals surface area contributed by atoms with Crippen LogP contribution in [0.1, 0.15) is 49.2 Å². The average molecular weight is 575 g/mol. The molecule has 2 N–H and O–H groups in total. The van der Waals surface area contributed by atoms with Crippen LogP contribution in [0.5, 0.6) is 0 Å². The average Bonchev–Trinajstić information content (AvgIpc) is 3.09. The van der Waals surface area contributed by atoms with Crippen LogP contribution in [0.25, 0.3) is 11.0 Å². The first-order valence-electron chi connectivity index (χ1n) is 12.9. The molecule has 0 radical (unpaired) electrons. The second kappa shape index (κ2) is 11.7. The summed E-state index contributed by atoms with van der Waals surface area (Å²) in [6, 6.07) is 5.92. The number of aromatic nitrogens is 1. The first-order valence-corrected chi connectivity index (χ1v) is 14.3. The van der Waals surface area contributed by atoms with Crippen molar-refractivity contribution in [2.45, 2.75) is 57.1 Å². The lowest BCUT2D eigenvalue weighted by Gasteiger charge is -2.23. The number of amides is 2. The third-order valence-electron chi connectivity index (χ3n) is 6.77. The Morgan fingerprint density at radius 2 is 2.00 bits per heavy atom. The molecule has 2 aromatic heterocycles. The summed E-state index contributed by atoms with van der Waals surface area (Å²) in [6.07, 6.45) is 1.76. The first kappa shape index (κ1) is 29.2. The number of nitrogens with zero attached hydrogens (tertiary/aromatic N) is 2. The molecule has 1 aromatic carbocycles. The maximum atomic E-state index is 13.6. The van der Waals surface area contributed by atoms with Gasteiger partial charge in [0.15, 0.2) is 17.7 Å². The highest BCUT2D eigenvalue weighted by Crippen LogP contribution is 2.26. The molecule has 4 rings (SSSR count). The third kappa shape index (κ3) is 6.15. The summed E-state index contributed by atoms with van der Waals surface area (Å²) >= 11 is 0. The number of furan rings is 1. The number of hydrogen-bond acceptors (Lipinski definition) is 7. The van der Waals surface area contributed by atoms with Crippen LogP contribution < -0.4 is 15.4 Å². The molecule has 13 heteroatoms. The number of halogens is 1. The van der Waals surface area contributed by atoms with Crippen molar-refractivity contribution >= 4 is 38.6 Å². The fraction of sp³-hybridized carbons (Fsp3) is 0.407. The Labute approximate surface area is 231 Å². The fourth-order valence-electron chi connectivity index (χ4n) is 4.71. The number of sulfonamides is 1. The SMILES string of the molecule is Cc1c(C(=O)N[C@H](CC(C)C)C(=O)N[C@H]2CCCN(S(=O)(=O)c3cccc[n+]3[O-])CC2=O)oc2cc(F)ccc12. The summed E-state index contributed by atoms with van der Waals surface area (Å²) in [5, 5.41) is 17.5. The van der Waals surface area contributed by atoms with E-state index in [4.69, 9.17) is 4.42 Å². The minimum Gasteiger partial charge on any atom is -0.618 e. The van der Waals surface area contributed by atoms with Crippen LogP contribution in [-0.4, -0.2) is 55.5 Å². The van der Waals surface area contributed by atoms with Crippen LogP contribution in [0.3, 0.4) is 0 Å². The molecular formula is C27H31FN4O7S. The van der Waals surface area contributed by atoms with Gasteiger partial charge in [-0.05, 0) is 50.3 Å². The van der Waals surface area contributed by atoms with E-state index in [1.165, 1.54) is 30.3 Å². The van der Waals surface area contributed by atoms with E-state index in [9.17, 15) is 32.4 Å². The van der Waals surface area contributed by atoms with E-state index in [1.807, 2.05) is 13.8 Å². The van der Waals surface area contributed by atoms with Gasteiger partial charge in [0, 0.05) is 35.7 Å². The van der Waals surface area contributed by atoms with Gasteiger partial charge in [0.05, 0.1) is 12.6 Å². The number of Topliss-reactive ketones (excluding diaryl/α,β-unsaturated/α-hetero) is 1. The number of ketones is 1. The van der Waals surface area contributed by atoms with Crippen molar-refractivity contribution in [1.29, 1.82) is 0 Å². The number of nitrogens with one attached hydrogen (secondary N) is 2. The molecule has 2 atom stereocenters. The van der Waals surface area contributed by atoms with Gasteiger partial charge in [0.25, 0.3) is 5.91 Å². The summed E-state index contributed by atoms with van der Waals surface area (Å²) in [5.41, 5.74) is 0.698. The lowest BCUT2D eigenvalue weighted by molar-refractivity contribution is -0.646. The quantitative estimate of drug-likeness (QED) is 0.309. The number of hydrogen-bond donors (Lipinski definition) is 2. The van der Waals surface area contributed by atoms with Crippen molar-refractivity contribution in [1.82, 2.24) is 14.9 Å². The number of aryl methyl sites for hydroxylation is 1. The summed E-state index contributed by atoms with van der Waals surface area (Å²) in [7, 11) is -4.24. The van der Waals surface area contributed by atoms with Gasteiger partial charge in [-0.15, -0.1) is 0 Å². The van der Waals surface area contributed by atoms with Gasteiger partial charge in [0.2, 0.25) is 5.91 Å². The van der Waals surface area contributed by atoms with Crippen molar-refractivity contribution in [3.8, 4) is 0 Å². The van der Waals surface area contributed by atoms with Gasteiger partial charge in [-0.3, -0.25) is 14.4 Å². The number of fused-ring (bicyclic) bond motifs is 1. The van der Waals surface area contributed by atoms with Crippen LogP contribution >= 0.6 is 0 Å². The molecule has 2 amide bonds. The second-order valence-electron chi connectivity index (χ2n) is 10.2. The van der Waals surface area contributed by atoms with Crippen LogP contribution in [0.2, 0.25) is 0 Å². The van der Waals surface area contributed by atoms with Gasteiger partial charge in [-0.2, -0.15) is 9.04 Å². The molecule has 3 heterocycles. The van der Waals surface area contributed by atoms with Crippen molar-refractivity contribution in [2.24, 2.45) is 5.92 Å². The van der Waals surface area contributed by atoms with Gasteiger partial charge in [-0.25, -0.2) is 12.8 Å². The van der Waals surface area contributed by atoms with E-state index in [0.717, 1.165) is 16.6 Å². The minimum atomic E-state index is -4.24. The number of benzene rings is 1. The molecular weight excluding hydrogens is 543 g/mol. The van der Waals surface area contributed by atoms with Gasteiger partial charge < -0.3 is 20.3 Å². The van der Waals surface area contributed by atoms with Crippen LogP contribution in [-0.2, 0) is 19.6 Å². The predicted molar refractivity (Wildman–Crippen MR) is 142 cm³/mol. The number of pyridine rings is 1. The zero-order chi connectivity index (χ0) is 29.2. The van der Waals surface area contributed by atoms with Crippen LogP contribution in [0.15, 0.2) is 52.0 Å². The van der Waals surface area contributed by atoms with Gasteiger partial charge in [0.1, 0.15) is 17.4 Å². The lowest BCUT2D eigenvalue weighted by atomic mass is 10.0. The van der Waals surface area contributed by atoms with Crippen molar-refractivity contribution in [3.05, 3.63) is 64.9 Å². The Hall–Kier alpha value is -3.84. The molecule has 0 spiro atoms. The highest BCUT2D eigenvalue weighted by atomic mass is 32.2. The Bertz CT molecular complexity index is 1550. The zero-order valence-electron chi connectivity index (χ0n) is 22.3. The van der Waals surface area contributed by atoms with Gasteiger partial charge >= 0.3 is 15.0 Å². The number of carbonyl (C=O) groups excluding carboxylic acids is 3. The third-order valence-corrected chi connectivity index (χ3v) is 8.60. The predicted octanol–water partition coefficient (Wildman–Crippen LogP) is 2.20. The fourth-order valence-corrected chi connectivity index (χ4v) is 6.18. The molecule has 40 heavy (non-hydrogen) atoms. The van der Waals surface area contributed by atoms with E-state index in [0.29, 0.717) is 10.9 Å². The molecule has 11 nitrogen and oxygen atoms in total. The molecule has 3 aromatic rings. The lowest BCUT2D eigenvalue weighted by Crippen LogP contribution is -2.53. The van der Waals surface area contributed by atoms with Crippen LogP contribution in [0, 0.1) is 23.9 Å². The molecule has 0 unspecified atom stereocenters. The molecule has 0 aliphatic carbocycles.